The SMILES string of the molecule is CN=C(NCc1ccc(C)cc1C)Nc1ccc2c(c1)OCCCO2. The number of aryl methyl sites for hydroxylation is 2. The lowest BCUT2D eigenvalue weighted by molar-refractivity contribution is 0.297. The summed E-state index contributed by atoms with van der Waals surface area (Å²) in [4.78, 5) is 4.30. The Morgan fingerprint density at radius 2 is 1.84 bits per heavy atom. The van der Waals surface area contributed by atoms with Gasteiger partial charge in [-0.25, -0.2) is 0 Å². The third kappa shape index (κ3) is 4.44. The van der Waals surface area contributed by atoms with Crippen LogP contribution in [0.25, 0.3) is 0 Å². The quantitative estimate of drug-likeness (QED) is 0.662. The minimum absolute atomic E-state index is 0.677. The van der Waals surface area contributed by atoms with Gasteiger partial charge in [-0.05, 0) is 37.1 Å². The van der Waals surface area contributed by atoms with Crippen molar-refractivity contribution >= 4 is 11.6 Å². The molecule has 1 aliphatic heterocycles. The Morgan fingerprint density at radius 1 is 1.04 bits per heavy atom. The van der Waals surface area contributed by atoms with Crippen LogP contribution in [0.15, 0.2) is 41.4 Å². The zero-order valence-corrected chi connectivity index (χ0v) is 15.1. The lowest BCUT2D eigenvalue weighted by Crippen LogP contribution is -2.30. The van der Waals surface area contributed by atoms with Crippen molar-refractivity contribution < 1.29 is 9.47 Å². The van der Waals surface area contributed by atoms with E-state index in [1.165, 1.54) is 16.7 Å². The summed E-state index contributed by atoms with van der Waals surface area (Å²) in [5.41, 5.74) is 4.72. The average Bonchev–Trinajstić information content (AvgIpc) is 2.84. The van der Waals surface area contributed by atoms with Gasteiger partial charge in [0.1, 0.15) is 0 Å². The number of aliphatic imine (C=N–C) groups is 1. The van der Waals surface area contributed by atoms with Crippen LogP contribution in [-0.4, -0.2) is 26.2 Å². The van der Waals surface area contributed by atoms with Crippen LogP contribution in [0.5, 0.6) is 11.5 Å². The zero-order valence-electron chi connectivity index (χ0n) is 15.1. The number of nitrogens with one attached hydrogen (secondary N) is 2. The number of hydrogen-bond acceptors (Lipinski definition) is 3. The topological polar surface area (TPSA) is 54.9 Å². The van der Waals surface area contributed by atoms with Gasteiger partial charge in [-0.1, -0.05) is 23.8 Å². The highest BCUT2D eigenvalue weighted by Gasteiger charge is 2.11. The van der Waals surface area contributed by atoms with Crippen LogP contribution in [-0.2, 0) is 6.54 Å². The molecular formula is C20H25N3O2. The Balaban J connectivity index is 1.65. The number of fused-ring (bicyclic) bond motifs is 1. The molecule has 0 fully saturated rings. The summed E-state index contributed by atoms with van der Waals surface area (Å²) in [5, 5.41) is 6.66. The van der Waals surface area contributed by atoms with Gasteiger partial charge in [0.05, 0.1) is 13.2 Å². The van der Waals surface area contributed by atoms with Crippen molar-refractivity contribution in [3.8, 4) is 11.5 Å². The second kappa shape index (κ2) is 7.92. The molecule has 0 aromatic heterocycles. The maximum Gasteiger partial charge on any atom is 0.195 e. The van der Waals surface area contributed by atoms with Gasteiger partial charge in [-0.2, -0.15) is 0 Å². The van der Waals surface area contributed by atoms with Crippen molar-refractivity contribution in [2.75, 3.05) is 25.6 Å². The van der Waals surface area contributed by atoms with E-state index >= 15 is 0 Å². The molecule has 0 atom stereocenters. The van der Waals surface area contributed by atoms with E-state index < -0.39 is 0 Å². The van der Waals surface area contributed by atoms with Gasteiger partial charge < -0.3 is 20.1 Å². The normalized spacial score (nSPS) is 14.0. The van der Waals surface area contributed by atoms with E-state index in [1.807, 2.05) is 18.2 Å². The number of ether oxygens (including phenoxy) is 2. The summed E-state index contributed by atoms with van der Waals surface area (Å²) in [7, 11) is 1.76. The van der Waals surface area contributed by atoms with Gasteiger partial charge in [-0.3, -0.25) is 4.99 Å². The van der Waals surface area contributed by atoms with E-state index in [-0.39, 0.29) is 0 Å². The van der Waals surface area contributed by atoms with Crippen molar-refractivity contribution in [2.24, 2.45) is 4.99 Å². The number of guanidine groups is 1. The van der Waals surface area contributed by atoms with E-state index in [0.29, 0.717) is 13.2 Å². The summed E-state index contributed by atoms with van der Waals surface area (Å²) in [6, 6.07) is 12.3. The zero-order chi connectivity index (χ0) is 17.6. The maximum atomic E-state index is 5.74. The molecule has 132 valence electrons. The van der Waals surface area contributed by atoms with Crippen LogP contribution in [0.2, 0.25) is 0 Å². The highest BCUT2D eigenvalue weighted by Crippen LogP contribution is 2.32. The smallest absolute Gasteiger partial charge is 0.195 e. The van der Waals surface area contributed by atoms with Crippen molar-refractivity contribution in [1.29, 1.82) is 0 Å². The van der Waals surface area contributed by atoms with Crippen LogP contribution in [0, 0.1) is 13.8 Å². The fourth-order valence-electron chi connectivity index (χ4n) is 2.78. The molecular weight excluding hydrogens is 314 g/mol. The fraction of sp³-hybridized carbons (Fsp3) is 0.350. The van der Waals surface area contributed by atoms with E-state index in [2.05, 4.69) is 47.7 Å². The predicted octanol–water partition coefficient (Wildman–Crippen LogP) is 3.65. The maximum absolute atomic E-state index is 5.74. The molecule has 5 nitrogen and oxygen atoms in total. The molecule has 1 heterocycles. The van der Waals surface area contributed by atoms with E-state index in [4.69, 9.17) is 9.47 Å². The number of hydrogen-bond donors (Lipinski definition) is 2. The van der Waals surface area contributed by atoms with Gasteiger partial charge in [0.2, 0.25) is 0 Å². The van der Waals surface area contributed by atoms with Crippen LogP contribution >= 0.6 is 0 Å². The van der Waals surface area contributed by atoms with Gasteiger partial charge in [0, 0.05) is 31.8 Å². The molecule has 0 spiro atoms. The third-order valence-electron chi connectivity index (χ3n) is 4.18. The highest BCUT2D eigenvalue weighted by atomic mass is 16.5. The molecule has 3 rings (SSSR count). The molecule has 2 aromatic rings. The van der Waals surface area contributed by atoms with Crippen molar-refractivity contribution in [1.82, 2.24) is 5.32 Å². The van der Waals surface area contributed by atoms with Crippen LogP contribution in [0.1, 0.15) is 23.1 Å². The summed E-state index contributed by atoms with van der Waals surface area (Å²) in [6.45, 7) is 6.32. The first-order valence-corrected chi connectivity index (χ1v) is 8.59. The lowest BCUT2D eigenvalue weighted by Gasteiger charge is -2.15. The largest absolute Gasteiger partial charge is 0.490 e. The number of rotatable bonds is 3. The Labute approximate surface area is 149 Å². The van der Waals surface area contributed by atoms with Crippen molar-refractivity contribution in [2.45, 2.75) is 26.8 Å². The van der Waals surface area contributed by atoms with Crippen LogP contribution in [0.4, 0.5) is 5.69 Å². The van der Waals surface area contributed by atoms with E-state index in [0.717, 1.165) is 36.1 Å². The fourth-order valence-corrected chi connectivity index (χ4v) is 2.78. The first-order chi connectivity index (χ1) is 12.2. The molecule has 5 heteroatoms. The molecule has 0 saturated heterocycles. The van der Waals surface area contributed by atoms with Gasteiger partial charge in [-0.15, -0.1) is 0 Å². The van der Waals surface area contributed by atoms with Crippen LogP contribution < -0.4 is 20.1 Å². The molecule has 1 aliphatic rings. The third-order valence-corrected chi connectivity index (χ3v) is 4.18. The van der Waals surface area contributed by atoms with Crippen LogP contribution in [0.3, 0.4) is 0 Å². The van der Waals surface area contributed by atoms with E-state index in [9.17, 15) is 0 Å². The monoisotopic (exact) mass is 339 g/mol. The Bertz CT molecular complexity index is 772. The second-order valence-corrected chi connectivity index (χ2v) is 6.19. The Hall–Kier alpha value is -2.69. The first-order valence-electron chi connectivity index (χ1n) is 8.59. The first kappa shape index (κ1) is 17.1. The number of nitrogens with zero attached hydrogens (tertiary/aromatic N) is 1. The molecule has 0 amide bonds. The molecule has 0 aliphatic carbocycles. The second-order valence-electron chi connectivity index (χ2n) is 6.19. The molecule has 2 aromatic carbocycles. The average molecular weight is 339 g/mol. The Morgan fingerprint density at radius 3 is 2.60 bits per heavy atom. The number of benzene rings is 2. The summed E-state index contributed by atoms with van der Waals surface area (Å²) >= 11 is 0. The molecule has 2 N–H and O–H groups in total. The summed E-state index contributed by atoms with van der Waals surface area (Å²) < 4.78 is 11.4. The van der Waals surface area contributed by atoms with Gasteiger partial charge in [0.15, 0.2) is 17.5 Å². The number of anilines is 1. The Kier molecular flexibility index (Phi) is 5.43. The molecule has 0 radical (unpaired) electrons. The molecule has 0 bridgehead atoms. The minimum Gasteiger partial charge on any atom is -0.490 e. The van der Waals surface area contributed by atoms with Crippen molar-refractivity contribution in [3.05, 3.63) is 53.1 Å². The highest BCUT2D eigenvalue weighted by molar-refractivity contribution is 5.93. The molecule has 0 saturated carbocycles. The van der Waals surface area contributed by atoms with E-state index in [1.54, 1.807) is 7.05 Å². The minimum atomic E-state index is 0.677. The van der Waals surface area contributed by atoms with Crippen molar-refractivity contribution in [3.63, 3.8) is 0 Å². The molecule has 0 unspecified atom stereocenters. The summed E-state index contributed by atoms with van der Waals surface area (Å²) in [6.07, 6.45) is 0.899. The summed E-state index contributed by atoms with van der Waals surface area (Å²) in [5.74, 6) is 2.28. The lowest BCUT2D eigenvalue weighted by atomic mass is 10.1. The van der Waals surface area contributed by atoms with Gasteiger partial charge in [0.25, 0.3) is 0 Å². The standard InChI is InChI=1S/C20H25N3O2/c1-14-5-6-16(15(2)11-14)13-22-20(21-3)23-17-7-8-18-19(12-17)25-10-4-9-24-18/h5-8,11-12H,4,9-10,13H2,1-3H3,(H2,21,22,23). The van der Waals surface area contributed by atoms with Gasteiger partial charge >= 0.3 is 0 Å². The molecule has 25 heavy (non-hydrogen) atoms. The predicted molar refractivity (Wildman–Crippen MR) is 102 cm³/mol.